The maximum absolute atomic E-state index is 8.82. The van der Waals surface area contributed by atoms with Crippen molar-refractivity contribution in [1.82, 2.24) is 4.98 Å². The molecular weight excluding hydrogens is 228 g/mol. The van der Waals surface area contributed by atoms with E-state index in [2.05, 4.69) is 28.9 Å². The number of oxime groups is 1. The third kappa shape index (κ3) is 2.39. The van der Waals surface area contributed by atoms with Crippen LogP contribution in [0.5, 0.6) is 0 Å². The van der Waals surface area contributed by atoms with E-state index in [-0.39, 0.29) is 5.84 Å². The van der Waals surface area contributed by atoms with E-state index in [9.17, 15) is 0 Å². The molecule has 2 rings (SSSR count). The summed E-state index contributed by atoms with van der Waals surface area (Å²) in [6, 6.07) is 3.63. The zero-order valence-corrected chi connectivity index (χ0v) is 10.9. The zero-order chi connectivity index (χ0) is 13.1. The molecule has 18 heavy (non-hydrogen) atoms. The van der Waals surface area contributed by atoms with Gasteiger partial charge in [-0.25, -0.2) is 4.98 Å². The maximum Gasteiger partial charge on any atom is 0.173 e. The molecule has 0 saturated carbocycles. The van der Waals surface area contributed by atoms with E-state index in [0.29, 0.717) is 11.5 Å². The summed E-state index contributed by atoms with van der Waals surface area (Å²) in [6.07, 6.45) is 2.89. The van der Waals surface area contributed by atoms with E-state index in [4.69, 9.17) is 10.9 Å². The predicted molar refractivity (Wildman–Crippen MR) is 71.9 cm³/mol. The highest BCUT2D eigenvalue weighted by Crippen LogP contribution is 2.27. The van der Waals surface area contributed by atoms with Gasteiger partial charge in [-0.2, -0.15) is 0 Å². The standard InChI is InChI=1S/C13H20N4O/c1-9-5-7-17(8-10(9)2)13-11(12(14)16-18)4-3-6-15-13/h3-4,6,9-10,18H,5,7-8H2,1-2H3,(H2,14,16). The number of nitrogens with zero attached hydrogens (tertiary/aromatic N) is 3. The van der Waals surface area contributed by atoms with Gasteiger partial charge < -0.3 is 15.8 Å². The third-order valence-corrected chi connectivity index (χ3v) is 3.80. The number of hydrogen-bond donors (Lipinski definition) is 2. The molecule has 1 aliphatic rings. The summed E-state index contributed by atoms with van der Waals surface area (Å²) in [5.41, 5.74) is 6.39. The molecule has 0 radical (unpaired) electrons. The average Bonchev–Trinajstić information content (AvgIpc) is 2.41. The van der Waals surface area contributed by atoms with Crippen molar-refractivity contribution < 1.29 is 5.21 Å². The van der Waals surface area contributed by atoms with Crippen molar-refractivity contribution in [2.45, 2.75) is 20.3 Å². The van der Waals surface area contributed by atoms with Crippen LogP contribution in [0.4, 0.5) is 5.82 Å². The van der Waals surface area contributed by atoms with Gasteiger partial charge in [-0.05, 0) is 30.4 Å². The van der Waals surface area contributed by atoms with Gasteiger partial charge in [0.25, 0.3) is 0 Å². The molecule has 98 valence electrons. The molecule has 5 heteroatoms. The van der Waals surface area contributed by atoms with E-state index in [1.807, 2.05) is 6.07 Å². The van der Waals surface area contributed by atoms with Gasteiger partial charge in [-0.3, -0.25) is 0 Å². The van der Waals surface area contributed by atoms with Crippen molar-refractivity contribution in [1.29, 1.82) is 0 Å². The minimum absolute atomic E-state index is 0.115. The van der Waals surface area contributed by atoms with Gasteiger partial charge in [0.15, 0.2) is 5.84 Å². The first kappa shape index (κ1) is 12.7. The Labute approximate surface area is 107 Å². The average molecular weight is 248 g/mol. The van der Waals surface area contributed by atoms with Crippen molar-refractivity contribution in [3.63, 3.8) is 0 Å². The third-order valence-electron chi connectivity index (χ3n) is 3.80. The van der Waals surface area contributed by atoms with Gasteiger partial charge in [0.2, 0.25) is 0 Å². The molecule has 1 aliphatic heterocycles. The lowest BCUT2D eigenvalue weighted by atomic mass is 9.88. The molecule has 0 spiro atoms. The van der Waals surface area contributed by atoms with Gasteiger partial charge in [0.05, 0.1) is 5.56 Å². The highest BCUT2D eigenvalue weighted by atomic mass is 16.4. The van der Waals surface area contributed by atoms with Crippen LogP contribution in [0.15, 0.2) is 23.5 Å². The van der Waals surface area contributed by atoms with Crippen LogP contribution >= 0.6 is 0 Å². The number of pyridine rings is 1. The fourth-order valence-corrected chi connectivity index (χ4v) is 2.36. The largest absolute Gasteiger partial charge is 0.409 e. The van der Waals surface area contributed by atoms with Crippen LogP contribution in [-0.4, -0.2) is 29.1 Å². The second-order valence-corrected chi connectivity index (χ2v) is 5.05. The molecule has 3 N–H and O–H groups in total. The SMILES string of the molecule is CC1CCN(c2ncccc2/C(N)=N/O)CC1C. The first-order chi connectivity index (χ1) is 8.63. The smallest absolute Gasteiger partial charge is 0.173 e. The molecule has 2 heterocycles. The number of anilines is 1. The van der Waals surface area contributed by atoms with Crippen molar-refractivity contribution in [2.24, 2.45) is 22.7 Å². The summed E-state index contributed by atoms with van der Waals surface area (Å²) in [5, 5.41) is 11.9. The van der Waals surface area contributed by atoms with Crippen molar-refractivity contribution in [3.8, 4) is 0 Å². The monoisotopic (exact) mass is 248 g/mol. The second kappa shape index (κ2) is 5.25. The van der Waals surface area contributed by atoms with Crippen LogP contribution in [0.3, 0.4) is 0 Å². The predicted octanol–water partition coefficient (Wildman–Crippen LogP) is 1.66. The fraction of sp³-hybridized carbons (Fsp3) is 0.538. The topological polar surface area (TPSA) is 74.7 Å². The molecule has 1 aromatic rings. The summed E-state index contributed by atoms with van der Waals surface area (Å²) in [5.74, 6) is 2.29. The Bertz CT molecular complexity index is 446. The number of rotatable bonds is 2. The Hall–Kier alpha value is -1.78. The minimum Gasteiger partial charge on any atom is -0.409 e. The first-order valence-electron chi connectivity index (χ1n) is 6.31. The van der Waals surface area contributed by atoms with Gasteiger partial charge in [-0.1, -0.05) is 19.0 Å². The van der Waals surface area contributed by atoms with Crippen molar-refractivity contribution in [3.05, 3.63) is 23.9 Å². The molecule has 0 aliphatic carbocycles. The molecule has 0 bridgehead atoms. The zero-order valence-electron chi connectivity index (χ0n) is 10.9. The molecule has 0 amide bonds. The summed E-state index contributed by atoms with van der Waals surface area (Å²) < 4.78 is 0. The Balaban J connectivity index is 2.28. The van der Waals surface area contributed by atoms with Crippen LogP contribution < -0.4 is 10.6 Å². The Kier molecular flexibility index (Phi) is 3.69. The van der Waals surface area contributed by atoms with E-state index >= 15 is 0 Å². The van der Waals surface area contributed by atoms with Crippen LogP contribution in [0, 0.1) is 11.8 Å². The summed E-state index contributed by atoms with van der Waals surface area (Å²) >= 11 is 0. The van der Waals surface area contributed by atoms with E-state index in [1.54, 1.807) is 12.3 Å². The lowest BCUT2D eigenvalue weighted by Crippen LogP contribution is -2.40. The van der Waals surface area contributed by atoms with Gasteiger partial charge >= 0.3 is 0 Å². The van der Waals surface area contributed by atoms with Crippen LogP contribution in [-0.2, 0) is 0 Å². The lowest BCUT2D eigenvalue weighted by Gasteiger charge is -2.36. The molecule has 2 unspecified atom stereocenters. The Morgan fingerprint density at radius 3 is 2.94 bits per heavy atom. The van der Waals surface area contributed by atoms with Gasteiger partial charge in [0.1, 0.15) is 5.82 Å². The van der Waals surface area contributed by atoms with Gasteiger partial charge in [-0.15, -0.1) is 0 Å². The van der Waals surface area contributed by atoms with Crippen LogP contribution in [0.25, 0.3) is 0 Å². The van der Waals surface area contributed by atoms with Gasteiger partial charge in [0, 0.05) is 19.3 Å². The summed E-state index contributed by atoms with van der Waals surface area (Å²) in [7, 11) is 0. The molecule has 1 saturated heterocycles. The maximum atomic E-state index is 8.82. The number of piperidine rings is 1. The number of aromatic nitrogens is 1. The molecular formula is C13H20N4O. The van der Waals surface area contributed by atoms with Crippen LogP contribution in [0.1, 0.15) is 25.8 Å². The Morgan fingerprint density at radius 1 is 1.50 bits per heavy atom. The summed E-state index contributed by atoms with van der Waals surface area (Å²) in [4.78, 5) is 6.61. The lowest BCUT2D eigenvalue weighted by molar-refractivity contribution is 0.318. The summed E-state index contributed by atoms with van der Waals surface area (Å²) in [6.45, 7) is 6.46. The Morgan fingerprint density at radius 2 is 2.28 bits per heavy atom. The van der Waals surface area contributed by atoms with Crippen molar-refractivity contribution >= 4 is 11.7 Å². The molecule has 2 atom stereocenters. The molecule has 0 aromatic carbocycles. The van der Waals surface area contributed by atoms with E-state index in [0.717, 1.165) is 31.2 Å². The minimum atomic E-state index is 0.115. The normalized spacial score (nSPS) is 25.2. The molecule has 5 nitrogen and oxygen atoms in total. The molecule has 1 aromatic heterocycles. The van der Waals surface area contributed by atoms with E-state index in [1.165, 1.54) is 0 Å². The molecule has 1 fully saturated rings. The number of nitrogens with two attached hydrogens (primary N) is 1. The van der Waals surface area contributed by atoms with E-state index < -0.39 is 0 Å². The number of hydrogen-bond acceptors (Lipinski definition) is 4. The second-order valence-electron chi connectivity index (χ2n) is 5.05. The fourth-order valence-electron chi connectivity index (χ4n) is 2.36. The quantitative estimate of drug-likeness (QED) is 0.361. The highest BCUT2D eigenvalue weighted by molar-refractivity contribution is 6.01. The first-order valence-corrected chi connectivity index (χ1v) is 6.31. The van der Waals surface area contributed by atoms with Crippen LogP contribution in [0.2, 0.25) is 0 Å². The highest BCUT2D eigenvalue weighted by Gasteiger charge is 2.25. The van der Waals surface area contributed by atoms with Crippen molar-refractivity contribution in [2.75, 3.05) is 18.0 Å². The number of amidine groups is 1.